The second kappa shape index (κ2) is 5.36. The van der Waals surface area contributed by atoms with Crippen LogP contribution in [0.15, 0.2) is 36.4 Å². The Morgan fingerprint density at radius 2 is 1.80 bits per heavy atom. The van der Waals surface area contributed by atoms with Gasteiger partial charge >= 0.3 is 6.36 Å². The fourth-order valence-corrected chi connectivity index (χ4v) is 1.62. The Bertz CT molecular complexity index is 614. The van der Waals surface area contributed by atoms with E-state index < -0.39 is 12.3 Å². The molecule has 1 aromatic carbocycles. The Hall–Kier alpha value is -2.31. The van der Waals surface area contributed by atoms with Crippen LogP contribution in [0.1, 0.15) is 0 Å². The SMILES string of the molecule is COc1cc(-c2cccc(OC(F)(F)F)c2)cc(F)n1. The molecule has 0 fully saturated rings. The summed E-state index contributed by atoms with van der Waals surface area (Å²) in [6, 6.07) is 7.72. The molecule has 2 aromatic rings. The van der Waals surface area contributed by atoms with Crippen molar-refractivity contribution in [3.05, 3.63) is 42.3 Å². The summed E-state index contributed by atoms with van der Waals surface area (Å²) in [5.74, 6) is -1.14. The van der Waals surface area contributed by atoms with Crippen molar-refractivity contribution in [3.8, 4) is 22.8 Å². The fourth-order valence-electron chi connectivity index (χ4n) is 1.62. The second-order valence-electron chi connectivity index (χ2n) is 3.80. The number of pyridine rings is 1. The van der Waals surface area contributed by atoms with Gasteiger partial charge in [-0.25, -0.2) is 0 Å². The first-order valence-corrected chi connectivity index (χ1v) is 5.45. The third-order valence-corrected chi connectivity index (χ3v) is 2.38. The van der Waals surface area contributed by atoms with Gasteiger partial charge in [-0.15, -0.1) is 13.2 Å². The average molecular weight is 287 g/mol. The van der Waals surface area contributed by atoms with E-state index in [1.807, 2.05) is 0 Å². The topological polar surface area (TPSA) is 31.4 Å². The Morgan fingerprint density at radius 3 is 2.45 bits per heavy atom. The van der Waals surface area contributed by atoms with Crippen LogP contribution < -0.4 is 9.47 Å². The second-order valence-corrected chi connectivity index (χ2v) is 3.80. The predicted octanol–water partition coefficient (Wildman–Crippen LogP) is 3.79. The van der Waals surface area contributed by atoms with Crippen molar-refractivity contribution in [2.24, 2.45) is 0 Å². The zero-order valence-electron chi connectivity index (χ0n) is 10.2. The lowest BCUT2D eigenvalue weighted by Crippen LogP contribution is -2.17. The number of hydrogen-bond acceptors (Lipinski definition) is 3. The van der Waals surface area contributed by atoms with Gasteiger partial charge in [-0.1, -0.05) is 12.1 Å². The number of benzene rings is 1. The molecule has 0 aliphatic heterocycles. The van der Waals surface area contributed by atoms with E-state index in [1.165, 1.54) is 25.3 Å². The molecule has 20 heavy (non-hydrogen) atoms. The van der Waals surface area contributed by atoms with E-state index in [-0.39, 0.29) is 11.6 Å². The normalized spacial score (nSPS) is 11.2. The van der Waals surface area contributed by atoms with Gasteiger partial charge in [-0.05, 0) is 23.3 Å². The molecule has 0 aliphatic rings. The Balaban J connectivity index is 2.38. The minimum atomic E-state index is -4.78. The number of aromatic nitrogens is 1. The van der Waals surface area contributed by atoms with Gasteiger partial charge < -0.3 is 9.47 Å². The zero-order valence-corrected chi connectivity index (χ0v) is 10.2. The van der Waals surface area contributed by atoms with Gasteiger partial charge in [0.05, 0.1) is 7.11 Å². The molecule has 7 heteroatoms. The minimum absolute atomic E-state index is 0.0298. The highest BCUT2D eigenvalue weighted by molar-refractivity contribution is 5.65. The van der Waals surface area contributed by atoms with Crippen LogP contribution in [0.4, 0.5) is 17.6 Å². The van der Waals surface area contributed by atoms with Gasteiger partial charge in [0.15, 0.2) is 0 Å². The molecular formula is C13H9F4NO2. The zero-order chi connectivity index (χ0) is 14.8. The lowest BCUT2D eigenvalue weighted by Gasteiger charge is -2.10. The summed E-state index contributed by atoms with van der Waals surface area (Å²) in [6.45, 7) is 0. The number of halogens is 4. The minimum Gasteiger partial charge on any atom is -0.481 e. The number of hydrogen-bond donors (Lipinski definition) is 0. The first kappa shape index (κ1) is 14.1. The Labute approximate surface area is 111 Å². The summed E-state index contributed by atoms with van der Waals surface area (Å²) >= 11 is 0. The summed E-state index contributed by atoms with van der Waals surface area (Å²) in [6.07, 6.45) is -4.78. The van der Waals surface area contributed by atoms with Crippen LogP contribution in [0.25, 0.3) is 11.1 Å². The molecule has 0 unspecified atom stereocenters. The van der Waals surface area contributed by atoms with Gasteiger partial charge in [-0.3, -0.25) is 0 Å². The van der Waals surface area contributed by atoms with E-state index in [9.17, 15) is 17.6 Å². The largest absolute Gasteiger partial charge is 0.573 e. The van der Waals surface area contributed by atoms with Crippen LogP contribution in [0.3, 0.4) is 0 Å². The molecule has 0 atom stereocenters. The van der Waals surface area contributed by atoms with Crippen molar-refractivity contribution in [3.63, 3.8) is 0 Å². The molecule has 0 saturated heterocycles. The first-order chi connectivity index (χ1) is 9.37. The molecule has 3 nitrogen and oxygen atoms in total. The van der Waals surface area contributed by atoms with Crippen LogP contribution in [0.2, 0.25) is 0 Å². The van der Waals surface area contributed by atoms with E-state index in [1.54, 1.807) is 0 Å². The van der Waals surface area contributed by atoms with Crippen LogP contribution >= 0.6 is 0 Å². The van der Waals surface area contributed by atoms with Crippen molar-refractivity contribution in [2.45, 2.75) is 6.36 Å². The third kappa shape index (κ3) is 3.59. The summed E-state index contributed by atoms with van der Waals surface area (Å²) in [5, 5.41) is 0. The quantitative estimate of drug-likeness (QED) is 0.635. The van der Waals surface area contributed by atoms with Crippen molar-refractivity contribution in [2.75, 3.05) is 7.11 Å². The van der Waals surface area contributed by atoms with Crippen molar-refractivity contribution in [1.82, 2.24) is 4.98 Å². The smallest absolute Gasteiger partial charge is 0.481 e. The molecule has 0 aliphatic carbocycles. The van der Waals surface area contributed by atoms with Crippen LogP contribution in [-0.2, 0) is 0 Å². The predicted molar refractivity (Wildman–Crippen MR) is 62.9 cm³/mol. The molecule has 0 spiro atoms. The van der Waals surface area contributed by atoms with Crippen LogP contribution in [0.5, 0.6) is 11.6 Å². The summed E-state index contributed by atoms with van der Waals surface area (Å²) < 4.78 is 58.3. The van der Waals surface area contributed by atoms with Gasteiger partial charge in [-0.2, -0.15) is 9.37 Å². The maximum Gasteiger partial charge on any atom is 0.573 e. The third-order valence-electron chi connectivity index (χ3n) is 2.38. The lowest BCUT2D eigenvalue weighted by molar-refractivity contribution is -0.274. The number of alkyl halides is 3. The molecule has 0 radical (unpaired) electrons. The number of nitrogens with zero attached hydrogens (tertiary/aromatic N) is 1. The summed E-state index contributed by atoms with van der Waals surface area (Å²) in [7, 11) is 1.31. The Morgan fingerprint density at radius 1 is 1.05 bits per heavy atom. The van der Waals surface area contributed by atoms with E-state index in [2.05, 4.69) is 9.72 Å². The molecular weight excluding hydrogens is 278 g/mol. The maximum absolute atomic E-state index is 13.3. The van der Waals surface area contributed by atoms with Gasteiger partial charge in [0.25, 0.3) is 0 Å². The molecule has 1 heterocycles. The van der Waals surface area contributed by atoms with Crippen molar-refractivity contribution >= 4 is 0 Å². The fraction of sp³-hybridized carbons (Fsp3) is 0.154. The van der Waals surface area contributed by atoms with E-state index in [4.69, 9.17) is 4.74 Å². The molecule has 2 rings (SSSR count). The number of methoxy groups -OCH3 is 1. The monoisotopic (exact) mass is 287 g/mol. The van der Waals surface area contributed by atoms with Crippen molar-refractivity contribution in [1.29, 1.82) is 0 Å². The van der Waals surface area contributed by atoms with E-state index in [0.29, 0.717) is 11.1 Å². The van der Waals surface area contributed by atoms with E-state index in [0.717, 1.165) is 18.2 Å². The highest BCUT2D eigenvalue weighted by Gasteiger charge is 2.31. The van der Waals surface area contributed by atoms with E-state index >= 15 is 0 Å². The van der Waals surface area contributed by atoms with Crippen LogP contribution in [-0.4, -0.2) is 18.5 Å². The number of rotatable bonds is 3. The van der Waals surface area contributed by atoms with Gasteiger partial charge in [0, 0.05) is 12.1 Å². The average Bonchev–Trinajstić information content (AvgIpc) is 2.36. The summed E-state index contributed by atoms with van der Waals surface area (Å²) in [4.78, 5) is 3.46. The molecule has 0 bridgehead atoms. The molecule has 1 aromatic heterocycles. The molecule has 106 valence electrons. The van der Waals surface area contributed by atoms with Crippen molar-refractivity contribution < 1.29 is 27.0 Å². The molecule has 0 saturated carbocycles. The highest BCUT2D eigenvalue weighted by atomic mass is 19.4. The summed E-state index contributed by atoms with van der Waals surface area (Å²) in [5.41, 5.74) is 0.688. The van der Waals surface area contributed by atoms with Gasteiger partial charge in [0.1, 0.15) is 5.75 Å². The standard InChI is InChI=1S/C13H9F4NO2/c1-19-12-7-9(6-11(14)18-12)8-3-2-4-10(5-8)20-13(15,16)17/h2-7H,1H3. The Kier molecular flexibility index (Phi) is 3.78. The number of ether oxygens (including phenoxy) is 2. The lowest BCUT2D eigenvalue weighted by atomic mass is 10.1. The first-order valence-electron chi connectivity index (χ1n) is 5.45. The van der Waals surface area contributed by atoms with Crippen LogP contribution in [0, 0.1) is 5.95 Å². The van der Waals surface area contributed by atoms with Gasteiger partial charge in [0.2, 0.25) is 11.8 Å². The highest BCUT2D eigenvalue weighted by Crippen LogP contribution is 2.29. The molecule has 0 N–H and O–H groups in total. The molecule has 0 amide bonds. The maximum atomic E-state index is 13.3.